The Labute approximate surface area is 141 Å². The lowest BCUT2D eigenvalue weighted by Crippen LogP contribution is -2.44. The Bertz CT molecular complexity index is 757. The number of hydrogen-bond donors (Lipinski definition) is 0. The van der Waals surface area contributed by atoms with Crippen LogP contribution in [0.4, 0.5) is 10.1 Å². The maximum Gasteiger partial charge on any atom is 0.187 e. The molecular weight excluding hydrogens is 303 g/mol. The topological polar surface area (TPSA) is 23.6 Å². The summed E-state index contributed by atoms with van der Waals surface area (Å²) in [5, 5.41) is 0. The van der Waals surface area contributed by atoms with Gasteiger partial charge in [0.25, 0.3) is 0 Å². The van der Waals surface area contributed by atoms with Gasteiger partial charge in [0.05, 0.1) is 0 Å². The van der Waals surface area contributed by atoms with Gasteiger partial charge in [-0.1, -0.05) is 30.3 Å². The average Bonchev–Trinajstić information content (AvgIpc) is 3.21. The zero-order valence-corrected chi connectivity index (χ0v) is 13.3. The van der Waals surface area contributed by atoms with E-state index in [0.29, 0.717) is 17.6 Å². The molecule has 0 unspecified atom stereocenters. The number of anilines is 1. The van der Waals surface area contributed by atoms with E-state index >= 15 is 0 Å². The van der Waals surface area contributed by atoms with Gasteiger partial charge in [0.2, 0.25) is 0 Å². The summed E-state index contributed by atoms with van der Waals surface area (Å²) in [4.78, 5) is 16.8. The molecule has 2 aromatic rings. The molecule has 3 nitrogen and oxygen atoms in total. The predicted molar refractivity (Wildman–Crippen MR) is 92.6 cm³/mol. The number of allylic oxidation sites excluding steroid dienone is 1. The van der Waals surface area contributed by atoms with Crippen LogP contribution in [0.5, 0.6) is 0 Å². The average molecular weight is 322 g/mol. The smallest absolute Gasteiger partial charge is 0.187 e. The van der Waals surface area contributed by atoms with E-state index in [9.17, 15) is 9.18 Å². The maximum atomic E-state index is 13.1. The number of nitrogens with zero attached hydrogens (tertiary/aromatic N) is 2. The van der Waals surface area contributed by atoms with Gasteiger partial charge >= 0.3 is 0 Å². The minimum absolute atomic E-state index is 0.0359. The maximum absolute atomic E-state index is 13.1. The normalized spacial score (nSPS) is 22.5. The summed E-state index contributed by atoms with van der Waals surface area (Å²) in [7, 11) is 0. The number of hydrogen-bond acceptors (Lipinski definition) is 3. The van der Waals surface area contributed by atoms with Crippen LogP contribution in [-0.4, -0.2) is 35.9 Å². The van der Waals surface area contributed by atoms with E-state index in [1.807, 2.05) is 48.7 Å². The molecule has 122 valence electrons. The van der Waals surface area contributed by atoms with Gasteiger partial charge in [-0.25, -0.2) is 4.39 Å². The van der Waals surface area contributed by atoms with Crippen molar-refractivity contribution in [2.24, 2.45) is 0 Å². The number of carbonyl (C=O) groups excluding carboxylic acids is 1. The molecule has 2 atom stereocenters. The SMILES string of the molecule is O=C(/C=C/N1C[C@H]2C[C@@H]1CN2c1ccc(F)cc1)c1ccccc1. The molecule has 0 aliphatic carbocycles. The Hall–Kier alpha value is -2.62. The van der Waals surface area contributed by atoms with E-state index in [-0.39, 0.29) is 11.6 Å². The summed E-state index contributed by atoms with van der Waals surface area (Å²) in [5.74, 6) is -0.166. The third-order valence-corrected chi connectivity index (χ3v) is 4.92. The summed E-state index contributed by atoms with van der Waals surface area (Å²) in [6.07, 6.45) is 4.68. The van der Waals surface area contributed by atoms with Gasteiger partial charge in [0, 0.05) is 48.7 Å². The van der Waals surface area contributed by atoms with Crippen molar-refractivity contribution in [2.75, 3.05) is 18.0 Å². The van der Waals surface area contributed by atoms with E-state index in [0.717, 1.165) is 25.2 Å². The molecule has 2 heterocycles. The second-order valence-corrected chi connectivity index (χ2v) is 6.41. The molecule has 0 spiro atoms. The summed E-state index contributed by atoms with van der Waals surface area (Å²) in [5.41, 5.74) is 1.79. The second-order valence-electron chi connectivity index (χ2n) is 6.41. The largest absolute Gasteiger partial charge is 0.370 e. The highest BCUT2D eigenvalue weighted by molar-refractivity contribution is 6.04. The van der Waals surface area contributed by atoms with Crippen LogP contribution in [0.25, 0.3) is 0 Å². The summed E-state index contributed by atoms with van der Waals surface area (Å²) in [6, 6.07) is 16.9. The minimum Gasteiger partial charge on any atom is -0.370 e. The number of likely N-dealkylation sites (tertiary alicyclic amines) is 1. The third-order valence-electron chi connectivity index (χ3n) is 4.92. The minimum atomic E-state index is -0.202. The number of rotatable bonds is 4. The quantitative estimate of drug-likeness (QED) is 0.636. The van der Waals surface area contributed by atoms with Gasteiger partial charge in [-0.15, -0.1) is 0 Å². The van der Waals surface area contributed by atoms with Crippen molar-refractivity contribution in [3.8, 4) is 0 Å². The molecular formula is C20H19FN2O. The van der Waals surface area contributed by atoms with Crippen molar-refractivity contribution >= 4 is 11.5 Å². The molecule has 4 heteroatoms. The van der Waals surface area contributed by atoms with Gasteiger partial charge in [-0.3, -0.25) is 4.79 Å². The van der Waals surface area contributed by atoms with Crippen molar-refractivity contribution < 1.29 is 9.18 Å². The van der Waals surface area contributed by atoms with Crippen LogP contribution in [0.3, 0.4) is 0 Å². The predicted octanol–water partition coefficient (Wildman–Crippen LogP) is 3.49. The Morgan fingerprint density at radius 2 is 1.75 bits per heavy atom. The molecule has 0 aromatic heterocycles. The van der Waals surface area contributed by atoms with Crippen molar-refractivity contribution in [1.82, 2.24) is 4.90 Å². The van der Waals surface area contributed by atoms with Gasteiger partial charge in [-0.05, 0) is 30.7 Å². The van der Waals surface area contributed by atoms with Crippen molar-refractivity contribution in [3.63, 3.8) is 0 Å². The molecule has 24 heavy (non-hydrogen) atoms. The standard InChI is InChI=1S/C20H19FN2O/c21-16-6-8-17(9-7-16)23-14-18-12-19(23)13-22(18)11-10-20(24)15-4-2-1-3-5-15/h1-11,18-19H,12-14H2/b11-10+/t18-,19-/m1/s1. The number of fused-ring (bicyclic) bond motifs is 2. The lowest BCUT2D eigenvalue weighted by Gasteiger charge is -2.35. The highest BCUT2D eigenvalue weighted by Gasteiger charge is 2.41. The molecule has 2 aromatic carbocycles. The van der Waals surface area contributed by atoms with Crippen LogP contribution in [0.15, 0.2) is 66.9 Å². The van der Waals surface area contributed by atoms with Crippen molar-refractivity contribution in [2.45, 2.75) is 18.5 Å². The van der Waals surface area contributed by atoms with Crippen LogP contribution in [0.2, 0.25) is 0 Å². The highest BCUT2D eigenvalue weighted by atomic mass is 19.1. The zero-order valence-electron chi connectivity index (χ0n) is 13.3. The zero-order chi connectivity index (χ0) is 16.5. The van der Waals surface area contributed by atoms with Crippen LogP contribution < -0.4 is 4.90 Å². The van der Waals surface area contributed by atoms with E-state index in [4.69, 9.17) is 0 Å². The number of halogens is 1. The van der Waals surface area contributed by atoms with Crippen LogP contribution in [0.1, 0.15) is 16.8 Å². The summed E-state index contributed by atoms with van der Waals surface area (Å²) in [6.45, 7) is 1.82. The number of ketones is 1. The van der Waals surface area contributed by atoms with Crippen LogP contribution in [0, 0.1) is 5.82 Å². The fourth-order valence-corrected chi connectivity index (χ4v) is 3.69. The molecule has 4 rings (SSSR count). The molecule has 2 aliphatic rings. The van der Waals surface area contributed by atoms with Crippen LogP contribution in [-0.2, 0) is 0 Å². The number of benzene rings is 2. The molecule has 0 saturated carbocycles. The molecule has 2 aliphatic heterocycles. The van der Waals surface area contributed by atoms with E-state index < -0.39 is 0 Å². The van der Waals surface area contributed by atoms with E-state index in [1.54, 1.807) is 6.08 Å². The first-order valence-electron chi connectivity index (χ1n) is 8.26. The Morgan fingerprint density at radius 1 is 1.00 bits per heavy atom. The first kappa shape index (κ1) is 14.9. The number of carbonyl (C=O) groups is 1. The second kappa shape index (κ2) is 6.11. The fourth-order valence-electron chi connectivity index (χ4n) is 3.69. The van der Waals surface area contributed by atoms with Gasteiger partial charge in [0.1, 0.15) is 5.82 Å². The first-order valence-corrected chi connectivity index (χ1v) is 8.26. The molecule has 2 fully saturated rings. The Balaban J connectivity index is 1.40. The number of piperazine rings is 1. The molecule has 0 radical (unpaired) electrons. The monoisotopic (exact) mass is 322 g/mol. The lowest BCUT2D eigenvalue weighted by atomic mass is 10.1. The lowest BCUT2D eigenvalue weighted by molar-refractivity contribution is 0.104. The highest BCUT2D eigenvalue weighted by Crippen LogP contribution is 2.34. The fraction of sp³-hybridized carbons (Fsp3) is 0.250. The summed E-state index contributed by atoms with van der Waals surface area (Å²) >= 11 is 0. The van der Waals surface area contributed by atoms with E-state index in [2.05, 4.69) is 9.80 Å². The third kappa shape index (κ3) is 2.80. The summed E-state index contributed by atoms with van der Waals surface area (Å²) < 4.78 is 13.1. The molecule has 2 saturated heterocycles. The van der Waals surface area contributed by atoms with Crippen LogP contribution >= 0.6 is 0 Å². The van der Waals surface area contributed by atoms with Gasteiger partial charge in [0.15, 0.2) is 5.78 Å². The Morgan fingerprint density at radius 3 is 2.42 bits per heavy atom. The molecule has 0 amide bonds. The first-order chi connectivity index (χ1) is 11.7. The van der Waals surface area contributed by atoms with Crippen molar-refractivity contribution in [1.29, 1.82) is 0 Å². The molecule has 2 bridgehead atoms. The Kier molecular flexibility index (Phi) is 3.81. The van der Waals surface area contributed by atoms with Gasteiger partial charge < -0.3 is 9.80 Å². The van der Waals surface area contributed by atoms with Crippen molar-refractivity contribution in [3.05, 3.63) is 78.3 Å². The molecule has 0 N–H and O–H groups in total. The van der Waals surface area contributed by atoms with E-state index in [1.165, 1.54) is 12.1 Å². The van der Waals surface area contributed by atoms with Gasteiger partial charge in [-0.2, -0.15) is 0 Å².